The average molecular weight is 238 g/mol. The summed E-state index contributed by atoms with van der Waals surface area (Å²) >= 11 is 0. The van der Waals surface area contributed by atoms with Crippen molar-refractivity contribution >= 4 is 22.6 Å². The van der Waals surface area contributed by atoms with Crippen molar-refractivity contribution in [1.29, 1.82) is 0 Å². The topological polar surface area (TPSA) is 70.7 Å². The first-order valence-electron chi connectivity index (χ1n) is 5.48. The van der Waals surface area contributed by atoms with Crippen LogP contribution in [-0.2, 0) is 0 Å². The van der Waals surface area contributed by atoms with Crippen molar-refractivity contribution in [3.63, 3.8) is 0 Å². The van der Waals surface area contributed by atoms with E-state index in [-0.39, 0.29) is 5.91 Å². The lowest BCUT2D eigenvalue weighted by molar-refractivity contribution is 0.102. The van der Waals surface area contributed by atoms with Crippen molar-refractivity contribution in [2.45, 2.75) is 0 Å². The Balaban J connectivity index is 1.95. The molecule has 0 spiro atoms. The minimum atomic E-state index is -0.182. The second-order valence-corrected chi connectivity index (χ2v) is 3.79. The molecule has 0 bridgehead atoms. The number of carbonyl (C=O) groups is 1. The van der Waals surface area contributed by atoms with Crippen molar-refractivity contribution < 1.29 is 4.79 Å². The Kier molecular flexibility index (Phi) is 2.49. The molecule has 5 heteroatoms. The summed E-state index contributed by atoms with van der Waals surface area (Å²) in [5, 5.41) is 3.63. The van der Waals surface area contributed by atoms with Crippen LogP contribution in [-0.4, -0.2) is 20.9 Å². The summed E-state index contributed by atoms with van der Waals surface area (Å²) in [4.78, 5) is 23.0. The maximum absolute atomic E-state index is 12.1. The Hall–Kier alpha value is -2.69. The molecule has 3 rings (SSSR count). The zero-order chi connectivity index (χ0) is 12.4. The van der Waals surface area contributed by atoms with E-state index < -0.39 is 0 Å². The highest BCUT2D eigenvalue weighted by molar-refractivity contribution is 6.12. The highest BCUT2D eigenvalue weighted by Crippen LogP contribution is 2.18. The van der Waals surface area contributed by atoms with Crippen LogP contribution in [0.5, 0.6) is 0 Å². The summed E-state index contributed by atoms with van der Waals surface area (Å²) in [7, 11) is 0. The molecule has 88 valence electrons. The molecule has 1 aromatic carbocycles. The Morgan fingerprint density at radius 1 is 1.22 bits per heavy atom. The van der Waals surface area contributed by atoms with Crippen LogP contribution >= 0.6 is 0 Å². The number of benzene rings is 1. The standard InChI is InChI=1S/C13H10N4O/c18-13(17-12-5-6-14-8-16-12)10-2-1-3-11-9(10)4-7-15-11/h1-8,15H,(H,14,16,17,18). The molecule has 2 aromatic heterocycles. The van der Waals surface area contributed by atoms with Crippen molar-refractivity contribution in [1.82, 2.24) is 15.0 Å². The first-order chi connectivity index (χ1) is 8.84. The van der Waals surface area contributed by atoms with E-state index in [9.17, 15) is 4.79 Å². The summed E-state index contributed by atoms with van der Waals surface area (Å²) in [6.45, 7) is 0. The molecule has 0 radical (unpaired) electrons. The van der Waals surface area contributed by atoms with E-state index in [0.29, 0.717) is 11.4 Å². The summed E-state index contributed by atoms with van der Waals surface area (Å²) in [5.41, 5.74) is 1.55. The van der Waals surface area contributed by atoms with Crippen LogP contribution in [0.15, 0.2) is 49.1 Å². The van der Waals surface area contributed by atoms with Gasteiger partial charge in [-0.15, -0.1) is 0 Å². The van der Waals surface area contributed by atoms with Gasteiger partial charge in [-0.1, -0.05) is 6.07 Å². The van der Waals surface area contributed by atoms with Crippen molar-refractivity contribution in [3.05, 3.63) is 54.6 Å². The van der Waals surface area contributed by atoms with Gasteiger partial charge in [-0.2, -0.15) is 0 Å². The van der Waals surface area contributed by atoms with Crippen LogP contribution in [0.1, 0.15) is 10.4 Å². The SMILES string of the molecule is O=C(Nc1ccncn1)c1cccc2[nH]ccc12. The number of aromatic amines is 1. The fraction of sp³-hybridized carbons (Fsp3) is 0. The largest absolute Gasteiger partial charge is 0.361 e. The number of nitrogens with zero attached hydrogens (tertiary/aromatic N) is 2. The van der Waals surface area contributed by atoms with Gasteiger partial charge in [0.05, 0.1) is 0 Å². The van der Waals surface area contributed by atoms with Crippen LogP contribution < -0.4 is 5.32 Å². The van der Waals surface area contributed by atoms with E-state index in [1.54, 1.807) is 18.3 Å². The van der Waals surface area contributed by atoms with Crippen LogP contribution in [0.3, 0.4) is 0 Å². The van der Waals surface area contributed by atoms with Gasteiger partial charge in [-0.3, -0.25) is 4.79 Å². The molecule has 3 aromatic rings. The predicted octanol–water partition coefficient (Wildman–Crippen LogP) is 2.21. The van der Waals surface area contributed by atoms with Crippen LogP contribution in [0.2, 0.25) is 0 Å². The zero-order valence-corrected chi connectivity index (χ0v) is 9.42. The molecule has 0 aliphatic rings. The van der Waals surface area contributed by atoms with Crippen molar-refractivity contribution in [2.24, 2.45) is 0 Å². The number of hydrogen-bond donors (Lipinski definition) is 2. The molecule has 2 heterocycles. The van der Waals surface area contributed by atoms with Crippen LogP contribution in [0, 0.1) is 0 Å². The first-order valence-corrected chi connectivity index (χ1v) is 5.48. The molecule has 0 aliphatic carbocycles. The Morgan fingerprint density at radius 3 is 3.00 bits per heavy atom. The third-order valence-corrected chi connectivity index (χ3v) is 2.66. The number of fused-ring (bicyclic) bond motifs is 1. The summed E-state index contributed by atoms with van der Waals surface area (Å²) in [6, 6.07) is 9.08. The molecule has 0 saturated carbocycles. The lowest BCUT2D eigenvalue weighted by Crippen LogP contribution is -2.13. The minimum Gasteiger partial charge on any atom is -0.361 e. The van der Waals surface area contributed by atoms with E-state index in [2.05, 4.69) is 20.3 Å². The number of H-pyrrole nitrogens is 1. The van der Waals surface area contributed by atoms with Gasteiger partial charge in [0.2, 0.25) is 0 Å². The van der Waals surface area contributed by atoms with Gasteiger partial charge in [-0.25, -0.2) is 9.97 Å². The summed E-state index contributed by atoms with van der Waals surface area (Å²) in [6.07, 6.45) is 4.79. The summed E-state index contributed by atoms with van der Waals surface area (Å²) < 4.78 is 0. The predicted molar refractivity (Wildman–Crippen MR) is 68.3 cm³/mol. The van der Waals surface area contributed by atoms with Crippen LogP contribution in [0.4, 0.5) is 5.82 Å². The van der Waals surface area contributed by atoms with Crippen LogP contribution in [0.25, 0.3) is 10.9 Å². The second-order valence-electron chi connectivity index (χ2n) is 3.79. The average Bonchev–Trinajstić information content (AvgIpc) is 2.87. The van der Waals surface area contributed by atoms with E-state index in [4.69, 9.17) is 0 Å². The lowest BCUT2D eigenvalue weighted by atomic mass is 10.1. The quantitative estimate of drug-likeness (QED) is 0.719. The maximum atomic E-state index is 12.1. The minimum absolute atomic E-state index is 0.182. The van der Waals surface area contributed by atoms with Gasteiger partial charge in [-0.05, 0) is 24.3 Å². The van der Waals surface area contributed by atoms with E-state index in [1.807, 2.05) is 24.4 Å². The molecular weight excluding hydrogens is 228 g/mol. The lowest BCUT2D eigenvalue weighted by Gasteiger charge is -2.04. The Labute approximate surface area is 103 Å². The van der Waals surface area contributed by atoms with Gasteiger partial charge in [0.15, 0.2) is 0 Å². The zero-order valence-electron chi connectivity index (χ0n) is 9.42. The molecule has 0 fully saturated rings. The molecule has 2 N–H and O–H groups in total. The van der Waals surface area contributed by atoms with Gasteiger partial charge < -0.3 is 10.3 Å². The molecule has 1 amide bonds. The Morgan fingerprint density at radius 2 is 2.17 bits per heavy atom. The third kappa shape index (κ3) is 1.82. The molecule has 0 unspecified atom stereocenters. The first kappa shape index (κ1) is 10.5. The number of rotatable bonds is 2. The molecule has 0 atom stereocenters. The Bertz CT molecular complexity index is 690. The number of anilines is 1. The smallest absolute Gasteiger partial charge is 0.257 e. The van der Waals surface area contributed by atoms with E-state index in [1.165, 1.54) is 6.33 Å². The maximum Gasteiger partial charge on any atom is 0.257 e. The fourth-order valence-electron chi connectivity index (χ4n) is 1.83. The molecular formula is C13H10N4O. The number of aromatic nitrogens is 3. The highest BCUT2D eigenvalue weighted by Gasteiger charge is 2.10. The number of carbonyl (C=O) groups excluding carboxylic acids is 1. The third-order valence-electron chi connectivity index (χ3n) is 2.66. The second kappa shape index (κ2) is 4.29. The number of amides is 1. The van der Waals surface area contributed by atoms with Gasteiger partial charge in [0.25, 0.3) is 5.91 Å². The molecule has 18 heavy (non-hydrogen) atoms. The van der Waals surface area contributed by atoms with Gasteiger partial charge in [0, 0.05) is 28.9 Å². The molecule has 0 aliphatic heterocycles. The van der Waals surface area contributed by atoms with Gasteiger partial charge in [0.1, 0.15) is 12.1 Å². The van der Waals surface area contributed by atoms with E-state index in [0.717, 1.165) is 10.9 Å². The summed E-state index contributed by atoms with van der Waals surface area (Å²) in [5.74, 6) is 0.307. The highest BCUT2D eigenvalue weighted by atomic mass is 16.1. The normalized spacial score (nSPS) is 10.4. The van der Waals surface area contributed by atoms with Crippen molar-refractivity contribution in [2.75, 3.05) is 5.32 Å². The fourth-order valence-corrected chi connectivity index (χ4v) is 1.83. The molecule has 5 nitrogen and oxygen atoms in total. The van der Waals surface area contributed by atoms with Crippen molar-refractivity contribution in [3.8, 4) is 0 Å². The monoisotopic (exact) mass is 238 g/mol. The number of nitrogens with one attached hydrogen (secondary N) is 2. The number of hydrogen-bond acceptors (Lipinski definition) is 3. The molecule has 0 saturated heterocycles. The van der Waals surface area contributed by atoms with Gasteiger partial charge >= 0.3 is 0 Å². The van der Waals surface area contributed by atoms with E-state index >= 15 is 0 Å².